The van der Waals surface area contributed by atoms with Gasteiger partial charge in [0.15, 0.2) is 5.84 Å². The summed E-state index contributed by atoms with van der Waals surface area (Å²) in [5.74, 6) is 0.361. The highest BCUT2D eigenvalue weighted by Crippen LogP contribution is 1.87. The van der Waals surface area contributed by atoms with Crippen LogP contribution in [-0.4, -0.2) is 17.3 Å². The molecule has 0 atom stereocenters. The normalized spacial score (nSPS) is 22.0. The van der Waals surface area contributed by atoms with Crippen LogP contribution in [0.15, 0.2) is 22.3 Å². The average molecular weight is 96.1 g/mol. The Labute approximate surface area is 40.7 Å². The number of hydrogen-bond acceptors (Lipinski definition) is 2. The minimum Gasteiger partial charge on any atom is -0.409 e. The number of amidine groups is 1. The zero-order valence-electron chi connectivity index (χ0n) is 3.57. The van der Waals surface area contributed by atoms with Crippen LogP contribution >= 0.6 is 0 Å². The molecule has 3 nitrogen and oxygen atoms in total. The van der Waals surface area contributed by atoms with Crippen molar-refractivity contribution in [2.24, 2.45) is 10.1 Å². The topological polar surface area (TPSA) is 45.0 Å². The number of rotatable bonds is 0. The maximum atomic E-state index is 7.99. The first-order valence-electron chi connectivity index (χ1n) is 1.86. The van der Waals surface area contributed by atoms with Crippen molar-refractivity contribution >= 4 is 12.1 Å². The van der Waals surface area contributed by atoms with Gasteiger partial charge in [0.05, 0.1) is 0 Å². The highest BCUT2D eigenvalue weighted by atomic mass is 16.4. The van der Waals surface area contributed by atoms with E-state index in [0.717, 1.165) is 0 Å². The van der Waals surface area contributed by atoms with E-state index in [2.05, 4.69) is 10.1 Å². The fraction of sp³-hybridized carbons (Fsp3) is 0. The molecule has 1 rings (SSSR count). The molecule has 0 saturated heterocycles. The quantitative estimate of drug-likeness (QED) is 0.344. The van der Waals surface area contributed by atoms with Crippen LogP contribution in [0.2, 0.25) is 0 Å². The summed E-state index contributed by atoms with van der Waals surface area (Å²) in [4.78, 5) is 3.62. The van der Waals surface area contributed by atoms with E-state index in [1.54, 1.807) is 18.4 Å². The molecular formula is C4H4N2O. The van der Waals surface area contributed by atoms with Gasteiger partial charge in [-0.1, -0.05) is 5.16 Å². The molecule has 1 heterocycles. The summed E-state index contributed by atoms with van der Waals surface area (Å²) in [6.07, 6.45) is 4.88. The van der Waals surface area contributed by atoms with Crippen molar-refractivity contribution in [1.82, 2.24) is 0 Å². The van der Waals surface area contributed by atoms with E-state index in [1.807, 2.05) is 0 Å². The number of allylic oxidation sites excluding steroid dienone is 1. The van der Waals surface area contributed by atoms with Crippen molar-refractivity contribution in [2.45, 2.75) is 0 Å². The molecule has 1 aliphatic heterocycles. The number of oxime groups is 1. The van der Waals surface area contributed by atoms with Gasteiger partial charge in [0.2, 0.25) is 0 Å². The summed E-state index contributed by atoms with van der Waals surface area (Å²) in [7, 11) is 0. The molecule has 0 spiro atoms. The first-order valence-corrected chi connectivity index (χ1v) is 1.86. The van der Waals surface area contributed by atoms with Gasteiger partial charge in [-0.2, -0.15) is 0 Å². The van der Waals surface area contributed by atoms with Crippen molar-refractivity contribution in [1.29, 1.82) is 0 Å². The molecule has 0 bridgehead atoms. The smallest absolute Gasteiger partial charge is 0.191 e. The molecule has 0 aromatic carbocycles. The lowest BCUT2D eigenvalue weighted by Gasteiger charge is -1.75. The summed E-state index contributed by atoms with van der Waals surface area (Å²) in [5, 5.41) is 10.8. The van der Waals surface area contributed by atoms with Crippen molar-refractivity contribution in [3.63, 3.8) is 0 Å². The number of nitrogens with zero attached hydrogens (tertiary/aromatic N) is 2. The van der Waals surface area contributed by atoms with Crippen LogP contribution in [0.5, 0.6) is 0 Å². The maximum Gasteiger partial charge on any atom is 0.191 e. The van der Waals surface area contributed by atoms with Crippen LogP contribution in [0.3, 0.4) is 0 Å². The van der Waals surface area contributed by atoms with Gasteiger partial charge in [-0.25, -0.2) is 4.99 Å². The fourth-order valence-electron chi connectivity index (χ4n) is 0.351. The lowest BCUT2D eigenvalue weighted by Crippen LogP contribution is -1.79. The summed E-state index contributed by atoms with van der Waals surface area (Å²) in [6, 6.07) is 0. The molecule has 0 radical (unpaired) electrons. The molecule has 36 valence electrons. The maximum absolute atomic E-state index is 7.99. The molecule has 0 aliphatic carbocycles. The van der Waals surface area contributed by atoms with E-state index in [1.165, 1.54) is 0 Å². The van der Waals surface area contributed by atoms with Crippen LogP contribution in [0.4, 0.5) is 0 Å². The van der Waals surface area contributed by atoms with Gasteiger partial charge in [0, 0.05) is 6.21 Å². The van der Waals surface area contributed by atoms with Crippen LogP contribution in [0.1, 0.15) is 0 Å². The third-order valence-electron chi connectivity index (χ3n) is 0.641. The summed E-state index contributed by atoms with van der Waals surface area (Å²) >= 11 is 0. The molecule has 0 aromatic rings. The van der Waals surface area contributed by atoms with Gasteiger partial charge in [0.25, 0.3) is 0 Å². The Morgan fingerprint density at radius 2 is 2.57 bits per heavy atom. The van der Waals surface area contributed by atoms with Crippen molar-refractivity contribution in [3.8, 4) is 0 Å². The Morgan fingerprint density at radius 1 is 1.71 bits per heavy atom. The van der Waals surface area contributed by atoms with Crippen LogP contribution in [-0.2, 0) is 0 Å². The molecule has 0 amide bonds. The van der Waals surface area contributed by atoms with Gasteiger partial charge in [-0.15, -0.1) is 0 Å². The van der Waals surface area contributed by atoms with Crippen LogP contribution in [0, 0.1) is 0 Å². The lowest BCUT2D eigenvalue weighted by molar-refractivity contribution is 0.319. The standard InChI is InChI=1S/C4H4N2O/c7-6-4-2-1-3-5-4/h1-3,7H. The Hall–Kier alpha value is -1.12. The first kappa shape index (κ1) is 4.05. The van der Waals surface area contributed by atoms with E-state index in [9.17, 15) is 0 Å². The molecule has 0 fully saturated rings. The Bertz CT molecular complexity index is 132. The number of hydrogen-bond donors (Lipinski definition) is 1. The second-order valence-electron chi connectivity index (χ2n) is 1.10. The van der Waals surface area contributed by atoms with E-state index in [4.69, 9.17) is 5.21 Å². The molecule has 0 saturated carbocycles. The van der Waals surface area contributed by atoms with Gasteiger partial charge >= 0.3 is 0 Å². The first-order chi connectivity index (χ1) is 3.43. The van der Waals surface area contributed by atoms with E-state index in [-0.39, 0.29) is 0 Å². The second kappa shape index (κ2) is 1.55. The lowest BCUT2D eigenvalue weighted by atomic mass is 10.6. The van der Waals surface area contributed by atoms with Crippen molar-refractivity contribution < 1.29 is 5.21 Å². The van der Waals surface area contributed by atoms with Crippen LogP contribution < -0.4 is 0 Å². The largest absolute Gasteiger partial charge is 0.409 e. The zero-order valence-corrected chi connectivity index (χ0v) is 3.57. The van der Waals surface area contributed by atoms with Gasteiger partial charge < -0.3 is 5.21 Å². The molecule has 1 aliphatic rings. The predicted molar refractivity (Wildman–Crippen MR) is 26.9 cm³/mol. The molecule has 0 unspecified atom stereocenters. The van der Waals surface area contributed by atoms with Gasteiger partial charge in [-0.05, 0) is 12.2 Å². The van der Waals surface area contributed by atoms with E-state index < -0.39 is 0 Å². The summed E-state index contributed by atoms with van der Waals surface area (Å²) in [5.41, 5.74) is 0. The highest BCUT2D eigenvalue weighted by molar-refractivity contribution is 6.06. The molecule has 3 heteroatoms. The van der Waals surface area contributed by atoms with Gasteiger partial charge in [-0.3, -0.25) is 0 Å². The van der Waals surface area contributed by atoms with Crippen molar-refractivity contribution in [3.05, 3.63) is 12.2 Å². The number of aliphatic imine (C=N–C) groups is 1. The fourth-order valence-corrected chi connectivity index (χ4v) is 0.351. The Kier molecular flexibility index (Phi) is 0.898. The van der Waals surface area contributed by atoms with E-state index in [0.29, 0.717) is 5.84 Å². The molecule has 0 aromatic heterocycles. The van der Waals surface area contributed by atoms with Gasteiger partial charge in [0.1, 0.15) is 0 Å². The monoisotopic (exact) mass is 96.0 g/mol. The Balaban J connectivity index is 2.79. The molecular weight excluding hydrogens is 92.1 g/mol. The zero-order chi connectivity index (χ0) is 5.11. The predicted octanol–water partition coefficient (Wildman–Crippen LogP) is 0.415. The molecule has 7 heavy (non-hydrogen) atoms. The summed E-state index contributed by atoms with van der Waals surface area (Å²) in [6.45, 7) is 0. The summed E-state index contributed by atoms with van der Waals surface area (Å²) < 4.78 is 0. The third-order valence-corrected chi connectivity index (χ3v) is 0.641. The highest BCUT2D eigenvalue weighted by Gasteiger charge is 1.90. The van der Waals surface area contributed by atoms with Crippen molar-refractivity contribution in [2.75, 3.05) is 0 Å². The Morgan fingerprint density at radius 3 is 2.86 bits per heavy atom. The second-order valence-corrected chi connectivity index (χ2v) is 1.10. The van der Waals surface area contributed by atoms with Crippen LogP contribution in [0.25, 0.3) is 0 Å². The minimum atomic E-state index is 0.361. The SMILES string of the molecule is ON=C1C=CC=N1. The third kappa shape index (κ3) is 0.652. The molecule has 1 N–H and O–H groups in total. The average Bonchev–Trinajstić information content (AvgIpc) is 2.14. The van der Waals surface area contributed by atoms with E-state index >= 15 is 0 Å². The minimum absolute atomic E-state index is 0.361.